The molecule has 9 heteroatoms. The highest BCUT2D eigenvalue weighted by molar-refractivity contribution is 7.88. The molecule has 2 aliphatic heterocycles. The van der Waals surface area contributed by atoms with Crippen LogP contribution in [0.4, 0.5) is 11.8 Å². The number of anilines is 2. The molecule has 23 heavy (non-hydrogen) atoms. The molecule has 1 aromatic rings. The van der Waals surface area contributed by atoms with Gasteiger partial charge in [-0.2, -0.15) is 4.98 Å². The first-order valence-electron chi connectivity index (χ1n) is 7.85. The molecule has 0 radical (unpaired) electrons. The van der Waals surface area contributed by atoms with E-state index in [-0.39, 0.29) is 17.9 Å². The van der Waals surface area contributed by atoms with E-state index < -0.39 is 10.0 Å². The summed E-state index contributed by atoms with van der Waals surface area (Å²) >= 11 is 0. The summed E-state index contributed by atoms with van der Waals surface area (Å²) in [5, 5.41) is 0. The Morgan fingerprint density at radius 1 is 1.30 bits per heavy atom. The number of nitrogens with one attached hydrogen (secondary N) is 1. The zero-order valence-electron chi connectivity index (χ0n) is 13.2. The van der Waals surface area contributed by atoms with E-state index in [0.717, 1.165) is 50.5 Å². The summed E-state index contributed by atoms with van der Waals surface area (Å²) in [4.78, 5) is 10.8. The molecule has 0 unspecified atom stereocenters. The first-order chi connectivity index (χ1) is 10.9. The molecule has 0 bridgehead atoms. The van der Waals surface area contributed by atoms with Gasteiger partial charge in [0.2, 0.25) is 16.0 Å². The van der Waals surface area contributed by atoms with Crippen molar-refractivity contribution >= 4 is 21.8 Å². The molecule has 0 aromatic carbocycles. The fourth-order valence-corrected chi connectivity index (χ4v) is 3.98. The molecule has 128 valence electrons. The molecule has 2 fully saturated rings. The van der Waals surface area contributed by atoms with E-state index in [1.807, 2.05) is 6.07 Å². The number of nitrogen functional groups attached to an aromatic ring is 1. The Bertz CT molecular complexity index is 652. The highest BCUT2D eigenvalue weighted by atomic mass is 32.2. The summed E-state index contributed by atoms with van der Waals surface area (Å²) < 4.78 is 30.7. The second-order valence-corrected chi connectivity index (χ2v) is 8.00. The molecule has 0 spiro atoms. The van der Waals surface area contributed by atoms with E-state index in [1.54, 1.807) is 0 Å². The van der Waals surface area contributed by atoms with Crippen molar-refractivity contribution in [2.75, 3.05) is 43.2 Å². The van der Waals surface area contributed by atoms with Gasteiger partial charge in [0.05, 0.1) is 18.6 Å². The lowest BCUT2D eigenvalue weighted by molar-refractivity contribution is 0.193. The summed E-state index contributed by atoms with van der Waals surface area (Å²) in [6, 6.07) is 1.98. The number of ether oxygens (including phenoxy) is 1. The van der Waals surface area contributed by atoms with Crippen molar-refractivity contribution in [1.29, 1.82) is 0 Å². The van der Waals surface area contributed by atoms with E-state index in [1.165, 1.54) is 6.26 Å². The highest BCUT2D eigenvalue weighted by Gasteiger charge is 2.25. The minimum atomic E-state index is -3.16. The smallest absolute Gasteiger partial charge is 0.222 e. The number of rotatable bonds is 4. The molecular weight excluding hydrogens is 318 g/mol. The van der Waals surface area contributed by atoms with Crippen LogP contribution >= 0.6 is 0 Å². The minimum Gasteiger partial charge on any atom is -0.381 e. The van der Waals surface area contributed by atoms with Crippen molar-refractivity contribution in [3.05, 3.63) is 11.8 Å². The molecule has 2 aliphatic rings. The van der Waals surface area contributed by atoms with Gasteiger partial charge in [-0.25, -0.2) is 18.1 Å². The summed E-state index contributed by atoms with van der Waals surface area (Å²) in [6.45, 7) is 2.91. The number of nitrogens with zero attached hydrogens (tertiary/aromatic N) is 3. The average Bonchev–Trinajstić information content (AvgIpc) is 3.00. The largest absolute Gasteiger partial charge is 0.381 e. The van der Waals surface area contributed by atoms with Gasteiger partial charge in [-0.05, 0) is 19.3 Å². The van der Waals surface area contributed by atoms with E-state index >= 15 is 0 Å². The van der Waals surface area contributed by atoms with E-state index in [2.05, 4.69) is 19.6 Å². The molecular formula is C14H23N5O3S. The van der Waals surface area contributed by atoms with Crippen LogP contribution < -0.4 is 15.4 Å². The van der Waals surface area contributed by atoms with Gasteiger partial charge in [-0.3, -0.25) is 0 Å². The first kappa shape index (κ1) is 16.4. The molecule has 3 heterocycles. The van der Waals surface area contributed by atoms with Crippen molar-refractivity contribution < 1.29 is 13.2 Å². The maximum absolute atomic E-state index is 11.3. The van der Waals surface area contributed by atoms with Crippen LogP contribution in [-0.4, -0.2) is 57.0 Å². The minimum absolute atomic E-state index is 0.0110. The third-order valence-electron chi connectivity index (χ3n) is 4.30. The fourth-order valence-electron chi connectivity index (χ4n) is 3.14. The second-order valence-electron chi connectivity index (χ2n) is 6.22. The van der Waals surface area contributed by atoms with E-state index in [0.29, 0.717) is 6.61 Å². The SMILES string of the molecule is CS(=O)(=O)NC1CCN(c2cc([C@H]3CCOC3)nc(N)n2)CC1. The Hall–Kier alpha value is -1.45. The number of sulfonamides is 1. The standard InChI is InChI=1S/C14H23N5O3S/c1-23(20,21)18-11-2-5-19(6-3-11)13-8-12(16-14(15)17-13)10-4-7-22-9-10/h8,10-11,18H,2-7,9H2,1H3,(H2,15,16,17)/t10-/m0/s1. The Kier molecular flexibility index (Phi) is 4.69. The first-order valence-corrected chi connectivity index (χ1v) is 9.74. The van der Waals surface area contributed by atoms with Gasteiger partial charge in [0.25, 0.3) is 0 Å². The summed E-state index contributed by atoms with van der Waals surface area (Å²) in [5.74, 6) is 1.38. The van der Waals surface area contributed by atoms with Gasteiger partial charge >= 0.3 is 0 Å². The third kappa shape index (κ3) is 4.30. The molecule has 2 saturated heterocycles. The number of aromatic nitrogens is 2. The number of hydrogen-bond acceptors (Lipinski definition) is 7. The normalized spacial score (nSPS) is 23.3. The lowest BCUT2D eigenvalue weighted by Gasteiger charge is -2.33. The predicted octanol–water partition coefficient (Wildman–Crippen LogP) is 0.0807. The maximum atomic E-state index is 11.3. The molecule has 0 saturated carbocycles. The monoisotopic (exact) mass is 341 g/mol. The van der Waals surface area contributed by atoms with Crippen LogP contribution in [0.25, 0.3) is 0 Å². The van der Waals surface area contributed by atoms with Gasteiger partial charge in [0.1, 0.15) is 5.82 Å². The molecule has 0 amide bonds. The van der Waals surface area contributed by atoms with Gasteiger partial charge in [-0.15, -0.1) is 0 Å². The van der Waals surface area contributed by atoms with Crippen molar-refractivity contribution in [2.24, 2.45) is 0 Å². The average molecular weight is 341 g/mol. The zero-order valence-corrected chi connectivity index (χ0v) is 14.1. The molecule has 3 rings (SSSR count). The third-order valence-corrected chi connectivity index (χ3v) is 5.06. The van der Waals surface area contributed by atoms with Crippen molar-refractivity contribution in [3.8, 4) is 0 Å². The van der Waals surface area contributed by atoms with Crippen LogP contribution in [0.3, 0.4) is 0 Å². The summed E-state index contributed by atoms with van der Waals surface area (Å²) in [6.07, 6.45) is 3.65. The summed E-state index contributed by atoms with van der Waals surface area (Å²) in [7, 11) is -3.16. The van der Waals surface area contributed by atoms with Gasteiger partial charge in [0.15, 0.2) is 0 Å². The predicted molar refractivity (Wildman–Crippen MR) is 87.8 cm³/mol. The van der Waals surface area contributed by atoms with Crippen LogP contribution in [0.1, 0.15) is 30.9 Å². The zero-order chi connectivity index (χ0) is 16.4. The lowest BCUT2D eigenvalue weighted by Crippen LogP contribution is -2.44. The van der Waals surface area contributed by atoms with Crippen LogP contribution in [0, 0.1) is 0 Å². The van der Waals surface area contributed by atoms with Crippen molar-refractivity contribution in [3.63, 3.8) is 0 Å². The molecule has 1 atom stereocenters. The second kappa shape index (κ2) is 6.58. The van der Waals surface area contributed by atoms with Crippen LogP contribution in [0.5, 0.6) is 0 Å². The van der Waals surface area contributed by atoms with Crippen molar-refractivity contribution in [2.45, 2.75) is 31.2 Å². The van der Waals surface area contributed by atoms with Crippen molar-refractivity contribution in [1.82, 2.24) is 14.7 Å². The molecule has 1 aromatic heterocycles. The number of nitrogens with two attached hydrogens (primary N) is 1. The number of hydrogen-bond donors (Lipinski definition) is 2. The Labute approximate surface area is 136 Å². The topological polar surface area (TPSA) is 110 Å². The molecule has 3 N–H and O–H groups in total. The van der Waals surface area contributed by atoms with Crippen LogP contribution in [0.15, 0.2) is 6.07 Å². The van der Waals surface area contributed by atoms with E-state index in [9.17, 15) is 8.42 Å². The molecule has 8 nitrogen and oxygen atoms in total. The quantitative estimate of drug-likeness (QED) is 0.798. The highest BCUT2D eigenvalue weighted by Crippen LogP contribution is 2.27. The Morgan fingerprint density at radius 3 is 2.65 bits per heavy atom. The van der Waals surface area contributed by atoms with Crippen LogP contribution in [-0.2, 0) is 14.8 Å². The van der Waals surface area contributed by atoms with Gasteiger partial charge in [-0.1, -0.05) is 0 Å². The van der Waals surface area contributed by atoms with Crippen LogP contribution in [0.2, 0.25) is 0 Å². The lowest BCUT2D eigenvalue weighted by atomic mass is 10.0. The van der Waals surface area contributed by atoms with E-state index in [4.69, 9.17) is 10.5 Å². The van der Waals surface area contributed by atoms with Gasteiger partial charge in [0, 0.05) is 37.7 Å². The number of piperidine rings is 1. The Balaban J connectivity index is 1.68. The summed E-state index contributed by atoms with van der Waals surface area (Å²) in [5.41, 5.74) is 6.79. The van der Waals surface area contributed by atoms with Gasteiger partial charge < -0.3 is 15.4 Å². The maximum Gasteiger partial charge on any atom is 0.222 e. The fraction of sp³-hybridized carbons (Fsp3) is 0.714. The Morgan fingerprint density at radius 2 is 2.04 bits per heavy atom. The molecule has 0 aliphatic carbocycles.